The quantitative estimate of drug-likeness (QED) is 0.853. The molecular formula is C14H13Cl2NO3S. The van der Waals surface area contributed by atoms with Crippen LogP contribution in [0, 0.1) is 0 Å². The van der Waals surface area contributed by atoms with E-state index < -0.39 is 12.0 Å². The normalized spacial score (nSPS) is 22.0. The van der Waals surface area contributed by atoms with Crippen LogP contribution in [0.15, 0.2) is 24.3 Å². The molecule has 1 N–H and O–H groups in total. The summed E-state index contributed by atoms with van der Waals surface area (Å²) >= 11 is 13.5. The Morgan fingerprint density at radius 1 is 1.38 bits per heavy atom. The number of carbonyl (C=O) groups is 2. The van der Waals surface area contributed by atoms with Gasteiger partial charge in [-0.3, -0.25) is 4.79 Å². The van der Waals surface area contributed by atoms with E-state index in [9.17, 15) is 9.59 Å². The molecule has 0 aliphatic carbocycles. The van der Waals surface area contributed by atoms with Crippen LogP contribution in [-0.4, -0.2) is 39.1 Å². The van der Waals surface area contributed by atoms with Crippen LogP contribution in [0.25, 0.3) is 6.08 Å². The summed E-state index contributed by atoms with van der Waals surface area (Å²) in [5.41, 5.74) is 0.542. The first kappa shape index (κ1) is 16.2. The lowest BCUT2D eigenvalue weighted by Gasteiger charge is -2.23. The Labute approximate surface area is 136 Å². The fourth-order valence-electron chi connectivity index (χ4n) is 2.08. The zero-order valence-corrected chi connectivity index (χ0v) is 13.5. The van der Waals surface area contributed by atoms with E-state index in [0.717, 1.165) is 0 Å². The van der Waals surface area contributed by atoms with Gasteiger partial charge in [-0.2, -0.15) is 0 Å². The van der Waals surface area contributed by atoms with Crippen LogP contribution in [-0.2, 0) is 9.59 Å². The largest absolute Gasteiger partial charge is 0.480 e. The van der Waals surface area contributed by atoms with Gasteiger partial charge in [-0.25, -0.2) is 4.79 Å². The van der Waals surface area contributed by atoms with E-state index in [2.05, 4.69) is 0 Å². The summed E-state index contributed by atoms with van der Waals surface area (Å²) in [4.78, 5) is 24.8. The maximum Gasteiger partial charge on any atom is 0.327 e. The number of benzene rings is 1. The number of halogens is 2. The van der Waals surface area contributed by atoms with E-state index >= 15 is 0 Å². The number of carboxylic acid groups (broad SMARTS) is 1. The van der Waals surface area contributed by atoms with E-state index in [1.807, 2.05) is 6.92 Å². The molecule has 2 atom stereocenters. The SMILES string of the molecule is CC1SCC(C(=O)O)N1C(=O)C=Cc1c(Cl)cccc1Cl. The molecule has 0 bridgehead atoms. The van der Waals surface area contributed by atoms with E-state index in [1.54, 1.807) is 18.2 Å². The molecule has 1 saturated heterocycles. The standard InChI is InChI=1S/C14H13Cl2NO3S/c1-8-17(12(7-21-8)14(19)20)13(18)6-5-9-10(15)3-2-4-11(9)16/h2-6,8,12H,7H2,1H3,(H,19,20). The maximum atomic E-state index is 12.2. The van der Waals surface area contributed by atoms with Gasteiger partial charge in [0.2, 0.25) is 5.91 Å². The molecule has 2 rings (SSSR count). The first-order valence-corrected chi connectivity index (χ1v) is 8.01. The lowest BCUT2D eigenvalue weighted by atomic mass is 10.2. The van der Waals surface area contributed by atoms with Crippen molar-refractivity contribution in [1.29, 1.82) is 0 Å². The Balaban J connectivity index is 2.21. The molecule has 1 fully saturated rings. The maximum absolute atomic E-state index is 12.2. The number of thioether (sulfide) groups is 1. The minimum absolute atomic E-state index is 0.176. The Morgan fingerprint density at radius 3 is 2.57 bits per heavy atom. The van der Waals surface area contributed by atoms with Crippen molar-refractivity contribution >= 4 is 52.9 Å². The summed E-state index contributed by atoms with van der Waals surface area (Å²) in [5.74, 6) is -0.969. The summed E-state index contributed by atoms with van der Waals surface area (Å²) in [5, 5.41) is 9.85. The number of amides is 1. The monoisotopic (exact) mass is 345 g/mol. The third-order valence-corrected chi connectivity index (χ3v) is 5.03. The fraction of sp³-hybridized carbons (Fsp3) is 0.286. The average Bonchev–Trinajstić information content (AvgIpc) is 2.80. The van der Waals surface area contributed by atoms with E-state index in [4.69, 9.17) is 28.3 Å². The number of hydrogen-bond acceptors (Lipinski definition) is 3. The molecule has 0 saturated carbocycles. The molecule has 0 aromatic heterocycles. The van der Waals surface area contributed by atoms with Crippen molar-refractivity contribution in [2.45, 2.75) is 18.3 Å². The molecule has 4 nitrogen and oxygen atoms in total. The Bertz CT molecular complexity index is 586. The third-order valence-electron chi connectivity index (χ3n) is 3.15. The number of nitrogens with zero attached hydrogens (tertiary/aromatic N) is 1. The number of carboxylic acids is 1. The van der Waals surface area contributed by atoms with Gasteiger partial charge in [0.15, 0.2) is 0 Å². The van der Waals surface area contributed by atoms with Crippen molar-refractivity contribution < 1.29 is 14.7 Å². The first-order chi connectivity index (χ1) is 9.91. The number of hydrogen-bond donors (Lipinski definition) is 1. The van der Waals surface area contributed by atoms with Gasteiger partial charge in [-0.05, 0) is 25.1 Å². The number of rotatable bonds is 3. The van der Waals surface area contributed by atoms with Crippen LogP contribution in [0.5, 0.6) is 0 Å². The minimum atomic E-state index is -0.996. The summed E-state index contributed by atoms with van der Waals surface area (Å²) in [7, 11) is 0. The lowest BCUT2D eigenvalue weighted by Crippen LogP contribution is -2.43. The van der Waals surface area contributed by atoms with E-state index in [1.165, 1.54) is 28.8 Å². The topological polar surface area (TPSA) is 57.6 Å². The molecule has 1 aromatic carbocycles. The molecule has 21 heavy (non-hydrogen) atoms. The second kappa shape index (κ2) is 6.73. The number of aliphatic carboxylic acids is 1. The Hall–Kier alpha value is -1.17. The fourth-order valence-corrected chi connectivity index (χ4v) is 3.78. The summed E-state index contributed by atoms with van der Waals surface area (Å²) in [6.45, 7) is 1.81. The van der Waals surface area contributed by atoms with Gasteiger partial charge in [0, 0.05) is 27.4 Å². The molecule has 1 amide bonds. The van der Waals surface area contributed by atoms with Crippen molar-refractivity contribution in [3.05, 3.63) is 39.9 Å². The highest BCUT2D eigenvalue weighted by atomic mass is 35.5. The van der Waals surface area contributed by atoms with Crippen LogP contribution < -0.4 is 0 Å². The van der Waals surface area contributed by atoms with Gasteiger partial charge in [0.25, 0.3) is 0 Å². The molecule has 1 heterocycles. The second-order valence-electron chi connectivity index (χ2n) is 4.50. The second-order valence-corrected chi connectivity index (χ2v) is 6.66. The number of carbonyl (C=O) groups excluding carboxylic acids is 1. The zero-order chi connectivity index (χ0) is 15.6. The summed E-state index contributed by atoms with van der Waals surface area (Å²) in [6, 6.07) is 4.25. The van der Waals surface area contributed by atoms with Crippen molar-refractivity contribution in [3.63, 3.8) is 0 Å². The smallest absolute Gasteiger partial charge is 0.327 e. The molecule has 1 aliphatic rings. The van der Waals surface area contributed by atoms with Gasteiger partial charge in [-0.15, -0.1) is 11.8 Å². The first-order valence-electron chi connectivity index (χ1n) is 6.20. The molecule has 7 heteroatoms. The minimum Gasteiger partial charge on any atom is -0.480 e. The van der Waals surface area contributed by atoms with Gasteiger partial charge < -0.3 is 10.0 Å². The zero-order valence-electron chi connectivity index (χ0n) is 11.1. The van der Waals surface area contributed by atoms with Crippen molar-refractivity contribution in [3.8, 4) is 0 Å². The predicted molar refractivity (Wildman–Crippen MR) is 85.7 cm³/mol. The van der Waals surface area contributed by atoms with Crippen LogP contribution in [0.2, 0.25) is 10.0 Å². The van der Waals surface area contributed by atoms with Crippen molar-refractivity contribution in [1.82, 2.24) is 4.90 Å². The molecular weight excluding hydrogens is 333 g/mol. The molecule has 0 spiro atoms. The van der Waals surface area contributed by atoms with Gasteiger partial charge >= 0.3 is 5.97 Å². The third kappa shape index (κ3) is 3.54. The van der Waals surface area contributed by atoms with Gasteiger partial charge in [0.1, 0.15) is 6.04 Å². The molecule has 1 aromatic rings. The molecule has 2 unspecified atom stereocenters. The van der Waals surface area contributed by atoms with Gasteiger partial charge in [0.05, 0.1) is 5.37 Å². The molecule has 112 valence electrons. The van der Waals surface area contributed by atoms with E-state index in [-0.39, 0.29) is 11.3 Å². The van der Waals surface area contributed by atoms with Crippen LogP contribution >= 0.6 is 35.0 Å². The highest BCUT2D eigenvalue weighted by Gasteiger charge is 2.38. The van der Waals surface area contributed by atoms with E-state index in [0.29, 0.717) is 21.4 Å². The van der Waals surface area contributed by atoms with Crippen LogP contribution in [0.4, 0.5) is 0 Å². The molecule has 0 radical (unpaired) electrons. The van der Waals surface area contributed by atoms with Gasteiger partial charge in [-0.1, -0.05) is 29.3 Å². The summed E-state index contributed by atoms with van der Waals surface area (Å²) in [6.07, 6.45) is 2.83. The lowest BCUT2D eigenvalue weighted by molar-refractivity contribution is -0.147. The Kier molecular flexibility index (Phi) is 5.19. The Morgan fingerprint density at radius 2 is 2.00 bits per heavy atom. The van der Waals surface area contributed by atoms with Crippen LogP contribution in [0.3, 0.4) is 0 Å². The van der Waals surface area contributed by atoms with Crippen LogP contribution in [0.1, 0.15) is 12.5 Å². The highest BCUT2D eigenvalue weighted by molar-refractivity contribution is 8.00. The van der Waals surface area contributed by atoms with Crippen molar-refractivity contribution in [2.75, 3.05) is 5.75 Å². The summed E-state index contributed by atoms with van der Waals surface area (Å²) < 4.78 is 0. The average molecular weight is 346 g/mol. The molecule has 1 aliphatic heterocycles. The predicted octanol–water partition coefficient (Wildman–Crippen LogP) is 3.38. The highest BCUT2D eigenvalue weighted by Crippen LogP contribution is 2.30. The van der Waals surface area contributed by atoms with Crippen molar-refractivity contribution in [2.24, 2.45) is 0 Å².